The zero-order chi connectivity index (χ0) is 16.7. The molecule has 1 aliphatic rings. The van der Waals surface area contributed by atoms with Crippen molar-refractivity contribution in [2.24, 2.45) is 0 Å². The molecular weight excluding hydrogens is 363 g/mol. The summed E-state index contributed by atoms with van der Waals surface area (Å²) in [5.41, 5.74) is 3.27. The summed E-state index contributed by atoms with van der Waals surface area (Å²) in [6.07, 6.45) is -0.450. The fourth-order valence-electron chi connectivity index (χ4n) is 2.82. The Bertz CT molecular complexity index is 904. The molecule has 1 atom stereocenters. The van der Waals surface area contributed by atoms with Crippen LogP contribution in [-0.4, -0.2) is 5.91 Å². The predicted octanol–water partition coefficient (Wildman–Crippen LogP) is 5.58. The number of fused-ring (bicyclic) bond motifs is 1. The summed E-state index contributed by atoms with van der Waals surface area (Å²) in [5, 5.41) is 10.1. The van der Waals surface area contributed by atoms with Gasteiger partial charge in [0, 0.05) is 26.6 Å². The number of hydrogen-bond acceptors (Lipinski definition) is 3. The van der Waals surface area contributed by atoms with Crippen LogP contribution < -0.4 is 10.6 Å². The zero-order valence-corrected chi connectivity index (χ0v) is 14.7. The van der Waals surface area contributed by atoms with Gasteiger partial charge in [0.1, 0.15) is 11.2 Å². The van der Waals surface area contributed by atoms with Crippen molar-refractivity contribution in [3.63, 3.8) is 0 Å². The number of halogens is 2. The van der Waals surface area contributed by atoms with Gasteiger partial charge in [0.25, 0.3) is 5.91 Å². The molecule has 2 N–H and O–H groups in total. The maximum atomic E-state index is 12.7. The fraction of sp³-hybridized carbons (Fsp3) is 0.0556. The van der Waals surface area contributed by atoms with Crippen LogP contribution in [0, 0.1) is 0 Å². The van der Waals surface area contributed by atoms with Gasteiger partial charge in [0.05, 0.1) is 5.56 Å². The van der Waals surface area contributed by atoms with E-state index in [1.807, 2.05) is 35.7 Å². The highest BCUT2D eigenvalue weighted by Crippen LogP contribution is 2.41. The molecule has 6 heteroatoms. The van der Waals surface area contributed by atoms with Gasteiger partial charge in [-0.05, 0) is 17.7 Å². The first kappa shape index (κ1) is 15.5. The standard InChI is InChI=1S/C18H12Cl2N2OS/c19-12-7-4-8-13(20)15(12)16-21-17(23)14-11(9-24-18(14)22-16)10-5-2-1-3-6-10/h1-9,16,22H,(H,21,23)/t16-/m1/s1. The van der Waals surface area contributed by atoms with Crippen molar-refractivity contribution in [1.82, 2.24) is 5.32 Å². The molecular formula is C18H12Cl2N2OS. The Labute approximate surface area is 153 Å². The van der Waals surface area contributed by atoms with Crippen molar-refractivity contribution in [2.75, 3.05) is 5.32 Å². The van der Waals surface area contributed by atoms with Gasteiger partial charge in [-0.1, -0.05) is 59.6 Å². The number of nitrogens with one attached hydrogen (secondary N) is 2. The molecule has 4 rings (SSSR count). The van der Waals surface area contributed by atoms with E-state index in [0.717, 1.165) is 16.1 Å². The third-order valence-electron chi connectivity index (χ3n) is 3.94. The van der Waals surface area contributed by atoms with Crippen LogP contribution in [0.3, 0.4) is 0 Å². The Morgan fingerprint density at radius 3 is 2.33 bits per heavy atom. The Balaban J connectivity index is 1.75. The van der Waals surface area contributed by atoms with E-state index in [9.17, 15) is 4.79 Å². The van der Waals surface area contributed by atoms with Crippen molar-refractivity contribution in [3.05, 3.63) is 75.1 Å². The van der Waals surface area contributed by atoms with Crippen LogP contribution in [0.4, 0.5) is 5.00 Å². The highest BCUT2D eigenvalue weighted by molar-refractivity contribution is 7.15. The number of benzene rings is 2. The molecule has 120 valence electrons. The van der Waals surface area contributed by atoms with Crippen LogP contribution in [0.15, 0.2) is 53.9 Å². The molecule has 0 bridgehead atoms. The number of amides is 1. The Morgan fingerprint density at radius 2 is 1.62 bits per heavy atom. The maximum Gasteiger partial charge on any atom is 0.256 e. The van der Waals surface area contributed by atoms with Crippen molar-refractivity contribution < 1.29 is 4.79 Å². The molecule has 2 heterocycles. The van der Waals surface area contributed by atoms with Gasteiger partial charge < -0.3 is 10.6 Å². The minimum Gasteiger partial charge on any atom is -0.353 e. The highest BCUT2D eigenvalue weighted by Gasteiger charge is 2.31. The molecule has 0 radical (unpaired) electrons. The second kappa shape index (κ2) is 6.13. The molecule has 0 unspecified atom stereocenters. The maximum absolute atomic E-state index is 12.7. The molecule has 1 aliphatic heterocycles. The first-order chi connectivity index (χ1) is 11.6. The summed E-state index contributed by atoms with van der Waals surface area (Å²) in [7, 11) is 0. The first-order valence-corrected chi connectivity index (χ1v) is 8.97. The van der Waals surface area contributed by atoms with Crippen LogP contribution in [-0.2, 0) is 0 Å². The normalized spacial score (nSPS) is 16.2. The molecule has 1 aromatic heterocycles. The van der Waals surface area contributed by atoms with Crippen LogP contribution in [0.2, 0.25) is 10.0 Å². The second-order valence-corrected chi connectivity index (χ2v) is 7.10. The van der Waals surface area contributed by atoms with Crippen molar-refractivity contribution in [2.45, 2.75) is 6.17 Å². The topological polar surface area (TPSA) is 41.1 Å². The first-order valence-electron chi connectivity index (χ1n) is 7.33. The van der Waals surface area contributed by atoms with Gasteiger partial charge in [-0.15, -0.1) is 11.3 Å². The quantitative estimate of drug-likeness (QED) is 0.614. The number of anilines is 1. The minimum absolute atomic E-state index is 0.134. The van der Waals surface area contributed by atoms with Gasteiger partial charge in [-0.25, -0.2) is 0 Å². The number of hydrogen-bond donors (Lipinski definition) is 2. The van der Waals surface area contributed by atoms with E-state index in [0.29, 0.717) is 21.2 Å². The summed E-state index contributed by atoms with van der Waals surface area (Å²) >= 11 is 14.0. The smallest absolute Gasteiger partial charge is 0.256 e. The van der Waals surface area contributed by atoms with Crippen LogP contribution in [0.25, 0.3) is 11.1 Å². The Kier molecular flexibility index (Phi) is 3.96. The summed E-state index contributed by atoms with van der Waals surface area (Å²) in [6, 6.07) is 15.2. The highest BCUT2D eigenvalue weighted by atomic mass is 35.5. The third-order valence-corrected chi connectivity index (χ3v) is 5.51. The molecule has 24 heavy (non-hydrogen) atoms. The molecule has 2 aromatic carbocycles. The molecule has 3 aromatic rings. The molecule has 0 saturated heterocycles. The van der Waals surface area contributed by atoms with E-state index >= 15 is 0 Å². The summed E-state index contributed by atoms with van der Waals surface area (Å²) < 4.78 is 0. The second-order valence-electron chi connectivity index (χ2n) is 5.41. The Hall–Kier alpha value is -2.01. The summed E-state index contributed by atoms with van der Waals surface area (Å²) in [5.74, 6) is -0.134. The third kappa shape index (κ3) is 2.57. The molecule has 0 fully saturated rings. The molecule has 3 nitrogen and oxygen atoms in total. The summed E-state index contributed by atoms with van der Waals surface area (Å²) in [6.45, 7) is 0. The van der Waals surface area contributed by atoms with Crippen LogP contribution in [0.1, 0.15) is 22.1 Å². The molecule has 0 spiro atoms. The van der Waals surface area contributed by atoms with Crippen LogP contribution in [0.5, 0.6) is 0 Å². The SMILES string of the molecule is O=C1N[C@@H](c2c(Cl)cccc2Cl)Nc2scc(-c3ccccc3)c21. The van der Waals surface area contributed by atoms with E-state index in [1.54, 1.807) is 18.2 Å². The number of carbonyl (C=O) groups is 1. The minimum atomic E-state index is -0.450. The lowest BCUT2D eigenvalue weighted by molar-refractivity contribution is 0.0937. The number of carbonyl (C=O) groups excluding carboxylic acids is 1. The van der Waals surface area contributed by atoms with E-state index in [-0.39, 0.29) is 5.91 Å². The predicted molar refractivity (Wildman–Crippen MR) is 100 cm³/mol. The average molecular weight is 375 g/mol. The van der Waals surface area contributed by atoms with Gasteiger partial charge in [0.15, 0.2) is 0 Å². The Morgan fingerprint density at radius 1 is 0.917 bits per heavy atom. The van der Waals surface area contributed by atoms with Crippen LogP contribution >= 0.6 is 34.5 Å². The average Bonchev–Trinajstić information content (AvgIpc) is 3.00. The van der Waals surface area contributed by atoms with E-state index in [1.165, 1.54) is 11.3 Å². The molecule has 0 saturated carbocycles. The zero-order valence-electron chi connectivity index (χ0n) is 12.3. The lowest BCUT2D eigenvalue weighted by Gasteiger charge is -2.28. The lowest BCUT2D eigenvalue weighted by Crippen LogP contribution is -2.38. The van der Waals surface area contributed by atoms with E-state index in [4.69, 9.17) is 23.2 Å². The van der Waals surface area contributed by atoms with E-state index in [2.05, 4.69) is 10.6 Å². The fourth-order valence-corrected chi connectivity index (χ4v) is 4.43. The van der Waals surface area contributed by atoms with Gasteiger partial charge in [-0.3, -0.25) is 4.79 Å². The largest absolute Gasteiger partial charge is 0.353 e. The lowest BCUT2D eigenvalue weighted by atomic mass is 10.0. The monoisotopic (exact) mass is 374 g/mol. The molecule has 1 amide bonds. The van der Waals surface area contributed by atoms with Gasteiger partial charge in [0.2, 0.25) is 0 Å². The van der Waals surface area contributed by atoms with Crippen molar-refractivity contribution in [3.8, 4) is 11.1 Å². The van der Waals surface area contributed by atoms with Gasteiger partial charge >= 0.3 is 0 Å². The molecule has 0 aliphatic carbocycles. The summed E-state index contributed by atoms with van der Waals surface area (Å²) in [4.78, 5) is 12.7. The number of thiophene rings is 1. The number of rotatable bonds is 2. The van der Waals surface area contributed by atoms with E-state index < -0.39 is 6.17 Å². The van der Waals surface area contributed by atoms with Crippen molar-refractivity contribution >= 4 is 45.4 Å². The van der Waals surface area contributed by atoms with Crippen molar-refractivity contribution in [1.29, 1.82) is 0 Å². The van der Waals surface area contributed by atoms with Gasteiger partial charge in [-0.2, -0.15) is 0 Å².